The van der Waals surface area contributed by atoms with Crippen molar-refractivity contribution >= 4 is 27.7 Å². The number of rotatable bonds is 2. The summed E-state index contributed by atoms with van der Waals surface area (Å²) in [6.07, 6.45) is 3.42. The molecule has 3 aromatic rings. The van der Waals surface area contributed by atoms with Crippen molar-refractivity contribution in [1.29, 1.82) is 0 Å². The molecule has 1 aromatic carbocycles. The first kappa shape index (κ1) is 13.7. The topological polar surface area (TPSA) is 42.9 Å². The van der Waals surface area contributed by atoms with Crippen LogP contribution in [0.3, 0.4) is 0 Å². The van der Waals surface area contributed by atoms with Crippen LogP contribution in [0.25, 0.3) is 22.2 Å². The van der Waals surface area contributed by atoms with Gasteiger partial charge in [-0.3, -0.25) is 9.78 Å². The smallest absolute Gasteiger partial charge is 0.253 e. The van der Waals surface area contributed by atoms with Crippen LogP contribution < -0.4 is 0 Å². The number of fused-ring (bicyclic) bond motifs is 1. The minimum Gasteiger partial charge on any atom is -0.276 e. The van der Waals surface area contributed by atoms with E-state index in [0.717, 1.165) is 27.6 Å². The molecule has 0 saturated carbocycles. The molecule has 0 fully saturated rings. The van der Waals surface area contributed by atoms with Gasteiger partial charge in [-0.2, -0.15) is 0 Å². The van der Waals surface area contributed by atoms with Crippen molar-refractivity contribution in [2.24, 2.45) is 0 Å². The molecular formula is C17H13ClN2O. The summed E-state index contributed by atoms with van der Waals surface area (Å²) < 4.78 is 0. The van der Waals surface area contributed by atoms with Gasteiger partial charge in [0, 0.05) is 28.9 Å². The van der Waals surface area contributed by atoms with Crippen LogP contribution in [0.15, 0.2) is 42.7 Å². The quantitative estimate of drug-likeness (QED) is 0.662. The number of hydrogen-bond acceptors (Lipinski definition) is 3. The number of hydrogen-bond donors (Lipinski definition) is 0. The fourth-order valence-corrected chi connectivity index (χ4v) is 2.66. The molecule has 0 aliphatic rings. The number of pyridine rings is 2. The molecule has 0 unspecified atom stereocenters. The van der Waals surface area contributed by atoms with E-state index in [2.05, 4.69) is 9.97 Å². The Morgan fingerprint density at radius 3 is 2.67 bits per heavy atom. The fourth-order valence-electron chi connectivity index (χ4n) is 2.51. The van der Waals surface area contributed by atoms with Crippen molar-refractivity contribution in [2.45, 2.75) is 13.8 Å². The number of nitrogens with zero attached hydrogens (tertiary/aromatic N) is 2. The molecule has 0 saturated heterocycles. The second kappa shape index (κ2) is 5.26. The molecule has 104 valence electrons. The molecule has 0 spiro atoms. The lowest BCUT2D eigenvalue weighted by atomic mass is 10.0. The van der Waals surface area contributed by atoms with Crippen LogP contribution in [-0.2, 0) is 0 Å². The van der Waals surface area contributed by atoms with Gasteiger partial charge in [0.15, 0.2) is 0 Å². The van der Waals surface area contributed by atoms with Crippen molar-refractivity contribution in [3.8, 4) is 11.3 Å². The number of halogens is 1. The Morgan fingerprint density at radius 2 is 2.00 bits per heavy atom. The second-order valence-electron chi connectivity index (χ2n) is 5.05. The highest BCUT2D eigenvalue weighted by molar-refractivity contribution is 6.68. The third-order valence-corrected chi connectivity index (χ3v) is 3.62. The van der Waals surface area contributed by atoms with Gasteiger partial charge < -0.3 is 0 Å². The van der Waals surface area contributed by atoms with Gasteiger partial charge in [0.2, 0.25) is 0 Å². The van der Waals surface area contributed by atoms with Crippen LogP contribution in [0, 0.1) is 13.8 Å². The maximum absolute atomic E-state index is 11.8. The van der Waals surface area contributed by atoms with Crippen molar-refractivity contribution in [2.75, 3.05) is 0 Å². The number of carbonyl (C=O) groups is 1. The maximum Gasteiger partial charge on any atom is 0.253 e. The zero-order valence-electron chi connectivity index (χ0n) is 11.7. The zero-order valence-corrected chi connectivity index (χ0v) is 12.5. The van der Waals surface area contributed by atoms with Gasteiger partial charge in [0.1, 0.15) is 0 Å². The summed E-state index contributed by atoms with van der Waals surface area (Å²) in [4.78, 5) is 20.6. The maximum atomic E-state index is 11.8. The average molecular weight is 297 g/mol. The first-order valence-corrected chi connectivity index (χ1v) is 6.96. The Bertz CT molecular complexity index is 844. The van der Waals surface area contributed by atoms with Crippen LogP contribution in [-0.4, -0.2) is 15.2 Å². The molecule has 21 heavy (non-hydrogen) atoms. The molecule has 0 N–H and O–H groups in total. The molecule has 4 heteroatoms. The van der Waals surface area contributed by atoms with E-state index in [1.165, 1.54) is 0 Å². The fraction of sp³-hybridized carbons (Fsp3) is 0.118. The number of carbonyl (C=O) groups excluding carboxylic acids is 1. The lowest BCUT2D eigenvalue weighted by Gasteiger charge is -2.10. The van der Waals surface area contributed by atoms with E-state index >= 15 is 0 Å². The molecule has 0 aliphatic carbocycles. The van der Waals surface area contributed by atoms with Crippen LogP contribution in [0.4, 0.5) is 0 Å². The minimum absolute atomic E-state index is 0.474. The highest BCUT2D eigenvalue weighted by Gasteiger charge is 2.14. The van der Waals surface area contributed by atoms with Gasteiger partial charge in [-0.15, -0.1) is 0 Å². The van der Waals surface area contributed by atoms with Crippen molar-refractivity contribution in [1.82, 2.24) is 9.97 Å². The molecule has 0 atom stereocenters. The molecule has 3 nitrogen and oxygen atoms in total. The molecule has 2 aromatic heterocycles. The third kappa shape index (κ3) is 2.52. The predicted molar refractivity (Wildman–Crippen MR) is 84.6 cm³/mol. The van der Waals surface area contributed by atoms with Gasteiger partial charge in [-0.25, -0.2) is 4.98 Å². The molecule has 0 amide bonds. The van der Waals surface area contributed by atoms with E-state index in [1.807, 2.05) is 38.1 Å². The van der Waals surface area contributed by atoms with Gasteiger partial charge in [0.05, 0.1) is 11.2 Å². The van der Waals surface area contributed by atoms with E-state index < -0.39 is 5.24 Å². The Labute approximate surface area is 127 Å². The van der Waals surface area contributed by atoms with Gasteiger partial charge in [-0.05, 0) is 55.3 Å². The third-order valence-electron chi connectivity index (χ3n) is 3.42. The van der Waals surface area contributed by atoms with Gasteiger partial charge in [0.25, 0.3) is 5.24 Å². The SMILES string of the molecule is Cc1cc(C)c2nc(-c3cccnc3)cc(C(=O)Cl)c2c1. The van der Waals surface area contributed by atoms with E-state index in [4.69, 9.17) is 11.6 Å². The van der Waals surface area contributed by atoms with Crippen LogP contribution in [0.1, 0.15) is 21.5 Å². The standard InChI is InChI=1S/C17H13ClN2O/c1-10-6-11(2)16-13(7-10)14(17(18)21)8-15(20-16)12-4-3-5-19-9-12/h3-9H,1-2H3. The van der Waals surface area contributed by atoms with Gasteiger partial charge in [-0.1, -0.05) is 11.6 Å². The summed E-state index contributed by atoms with van der Waals surface area (Å²) in [6.45, 7) is 3.97. The predicted octanol–water partition coefficient (Wildman–Crippen LogP) is 4.29. The largest absolute Gasteiger partial charge is 0.276 e. The summed E-state index contributed by atoms with van der Waals surface area (Å²) in [6, 6.07) is 9.47. The highest BCUT2D eigenvalue weighted by Crippen LogP contribution is 2.28. The van der Waals surface area contributed by atoms with Crippen LogP contribution in [0.2, 0.25) is 0 Å². The summed E-state index contributed by atoms with van der Waals surface area (Å²) in [5, 5.41) is 0.317. The van der Waals surface area contributed by atoms with Crippen LogP contribution >= 0.6 is 11.6 Å². The van der Waals surface area contributed by atoms with Crippen molar-refractivity contribution in [3.63, 3.8) is 0 Å². The number of aromatic nitrogens is 2. The summed E-state index contributed by atoms with van der Waals surface area (Å²) >= 11 is 5.76. The first-order chi connectivity index (χ1) is 10.1. The Morgan fingerprint density at radius 1 is 1.19 bits per heavy atom. The minimum atomic E-state index is -0.474. The van der Waals surface area contributed by atoms with Crippen molar-refractivity contribution in [3.05, 3.63) is 59.4 Å². The molecule has 2 heterocycles. The second-order valence-corrected chi connectivity index (χ2v) is 5.39. The molecule has 0 bridgehead atoms. The van der Waals surface area contributed by atoms with Gasteiger partial charge >= 0.3 is 0 Å². The van der Waals surface area contributed by atoms with E-state index in [9.17, 15) is 4.79 Å². The normalized spacial score (nSPS) is 10.8. The molecule has 0 radical (unpaired) electrons. The number of aryl methyl sites for hydroxylation is 2. The van der Waals surface area contributed by atoms with E-state index in [-0.39, 0.29) is 0 Å². The lowest BCUT2D eigenvalue weighted by molar-refractivity contribution is 0.108. The van der Waals surface area contributed by atoms with Crippen molar-refractivity contribution < 1.29 is 4.79 Å². The number of benzene rings is 1. The Hall–Kier alpha value is -2.26. The monoisotopic (exact) mass is 296 g/mol. The summed E-state index contributed by atoms with van der Waals surface area (Å²) in [7, 11) is 0. The summed E-state index contributed by atoms with van der Waals surface area (Å²) in [5.74, 6) is 0. The lowest BCUT2D eigenvalue weighted by Crippen LogP contribution is -1.98. The Balaban J connectivity index is 2.38. The van der Waals surface area contributed by atoms with E-state index in [1.54, 1.807) is 18.5 Å². The molecule has 3 rings (SSSR count). The Kier molecular flexibility index (Phi) is 3.43. The van der Waals surface area contributed by atoms with E-state index in [0.29, 0.717) is 11.3 Å². The summed E-state index contributed by atoms with van der Waals surface area (Å²) in [5.41, 5.74) is 4.94. The molecule has 0 aliphatic heterocycles. The average Bonchev–Trinajstić information content (AvgIpc) is 2.47. The highest BCUT2D eigenvalue weighted by atomic mass is 35.5. The zero-order chi connectivity index (χ0) is 15.0. The van der Waals surface area contributed by atoms with Crippen LogP contribution in [0.5, 0.6) is 0 Å². The molecular weight excluding hydrogens is 284 g/mol. The first-order valence-electron chi connectivity index (χ1n) is 6.58.